The van der Waals surface area contributed by atoms with Crippen LogP contribution in [0.2, 0.25) is 0 Å². The Morgan fingerprint density at radius 3 is 2.82 bits per heavy atom. The molecule has 5 heteroatoms. The first kappa shape index (κ1) is 15.9. The second kappa shape index (κ2) is 6.56. The molecule has 0 saturated heterocycles. The van der Waals surface area contributed by atoms with Crippen molar-refractivity contribution in [1.29, 1.82) is 0 Å². The lowest BCUT2D eigenvalue weighted by Crippen LogP contribution is -2.37. The van der Waals surface area contributed by atoms with Crippen LogP contribution in [0.25, 0.3) is 0 Å². The normalized spacial score (nSPS) is 12.0. The summed E-state index contributed by atoms with van der Waals surface area (Å²) >= 11 is 0. The van der Waals surface area contributed by atoms with Gasteiger partial charge in [-0.2, -0.15) is 0 Å². The van der Waals surface area contributed by atoms with Crippen molar-refractivity contribution < 1.29 is 4.79 Å². The van der Waals surface area contributed by atoms with E-state index < -0.39 is 0 Å². The van der Waals surface area contributed by atoms with E-state index in [1.54, 1.807) is 17.0 Å². The summed E-state index contributed by atoms with van der Waals surface area (Å²) in [7, 11) is 1.81. The predicted octanol–water partition coefficient (Wildman–Crippen LogP) is 1.76. The van der Waals surface area contributed by atoms with E-state index in [0.29, 0.717) is 6.42 Å². The third-order valence-electron chi connectivity index (χ3n) is 3.72. The summed E-state index contributed by atoms with van der Waals surface area (Å²) in [6.07, 6.45) is 3.95. The van der Waals surface area contributed by atoms with Crippen LogP contribution in [0, 0.1) is 13.8 Å². The Morgan fingerprint density at radius 1 is 1.41 bits per heavy atom. The van der Waals surface area contributed by atoms with Crippen LogP contribution in [0.4, 0.5) is 0 Å². The number of carbonyl (C=O) groups excluding carboxylic acids is 1. The lowest BCUT2D eigenvalue weighted by Gasteiger charge is -2.15. The van der Waals surface area contributed by atoms with Gasteiger partial charge in [0, 0.05) is 49.4 Å². The largest absolute Gasteiger partial charge is 0.354 e. The summed E-state index contributed by atoms with van der Waals surface area (Å²) in [6.45, 7) is 5.73. The van der Waals surface area contributed by atoms with Gasteiger partial charge in [-0.05, 0) is 32.4 Å². The summed E-state index contributed by atoms with van der Waals surface area (Å²) in [4.78, 5) is 28.5. The Morgan fingerprint density at radius 2 is 2.14 bits per heavy atom. The molecular weight excluding hydrogens is 278 g/mol. The lowest BCUT2D eigenvalue weighted by molar-refractivity contribution is 0.0938. The first-order valence-electron chi connectivity index (χ1n) is 7.27. The van der Waals surface area contributed by atoms with Crippen molar-refractivity contribution in [3.8, 4) is 0 Å². The summed E-state index contributed by atoms with van der Waals surface area (Å²) in [5.74, 6) is -0.346. The molecule has 0 fully saturated rings. The first-order chi connectivity index (χ1) is 10.4. The molecule has 0 spiro atoms. The van der Waals surface area contributed by atoms with Gasteiger partial charge in [-0.1, -0.05) is 6.07 Å². The number of amides is 1. The molecule has 116 valence electrons. The summed E-state index contributed by atoms with van der Waals surface area (Å²) in [5, 5.41) is 2.87. The van der Waals surface area contributed by atoms with Crippen LogP contribution in [-0.2, 0) is 13.5 Å². The number of aryl methyl sites for hydroxylation is 3. The van der Waals surface area contributed by atoms with Crippen molar-refractivity contribution in [2.24, 2.45) is 7.05 Å². The summed E-state index contributed by atoms with van der Waals surface area (Å²) in [6, 6.07) is 5.25. The Labute approximate surface area is 130 Å². The predicted molar refractivity (Wildman–Crippen MR) is 86.0 cm³/mol. The molecule has 2 rings (SSSR count). The highest BCUT2D eigenvalue weighted by atomic mass is 16.2. The summed E-state index contributed by atoms with van der Waals surface area (Å²) < 4.78 is 1.77. The fraction of sp³-hybridized carbons (Fsp3) is 0.353. The van der Waals surface area contributed by atoms with Gasteiger partial charge in [0.15, 0.2) is 5.43 Å². The van der Waals surface area contributed by atoms with Crippen molar-refractivity contribution in [3.05, 3.63) is 63.3 Å². The third-order valence-corrected chi connectivity index (χ3v) is 3.72. The van der Waals surface area contributed by atoms with Crippen molar-refractivity contribution in [1.82, 2.24) is 14.9 Å². The number of carbonyl (C=O) groups is 1. The minimum Gasteiger partial charge on any atom is -0.354 e. The Kier molecular flexibility index (Phi) is 4.75. The van der Waals surface area contributed by atoms with Gasteiger partial charge >= 0.3 is 0 Å². The molecule has 0 saturated carbocycles. The van der Waals surface area contributed by atoms with Gasteiger partial charge in [0.1, 0.15) is 5.56 Å². The van der Waals surface area contributed by atoms with Crippen LogP contribution in [0.3, 0.4) is 0 Å². The molecule has 22 heavy (non-hydrogen) atoms. The second-order valence-electron chi connectivity index (χ2n) is 5.65. The van der Waals surface area contributed by atoms with Gasteiger partial charge in [0.05, 0.1) is 0 Å². The Bertz CT molecular complexity index is 750. The molecule has 2 aromatic heterocycles. The minimum absolute atomic E-state index is 0.105. The molecule has 1 N–H and O–H groups in total. The smallest absolute Gasteiger partial charge is 0.256 e. The van der Waals surface area contributed by atoms with Crippen molar-refractivity contribution in [2.75, 3.05) is 0 Å². The van der Waals surface area contributed by atoms with Crippen LogP contribution in [0.5, 0.6) is 0 Å². The number of rotatable bonds is 4. The number of nitrogens with zero attached hydrogens (tertiary/aromatic N) is 2. The van der Waals surface area contributed by atoms with E-state index in [0.717, 1.165) is 17.0 Å². The molecule has 0 aliphatic rings. The highest BCUT2D eigenvalue weighted by Crippen LogP contribution is 2.07. The average molecular weight is 299 g/mol. The van der Waals surface area contributed by atoms with Crippen LogP contribution in [0.1, 0.15) is 34.2 Å². The van der Waals surface area contributed by atoms with Gasteiger partial charge in [-0.15, -0.1) is 0 Å². The van der Waals surface area contributed by atoms with Crippen molar-refractivity contribution in [2.45, 2.75) is 33.2 Å². The SMILES string of the molecule is Cc1cccnc1C[C@H](C)NC(=O)c1cn(C)c(C)cc1=O. The van der Waals surface area contributed by atoms with Gasteiger partial charge in [0.25, 0.3) is 5.91 Å². The molecule has 5 nitrogen and oxygen atoms in total. The molecule has 2 heterocycles. The number of hydrogen-bond donors (Lipinski definition) is 1. The number of hydrogen-bond acceptors (Lipinski definition) is 3. The van der Waals surface area contributed by atoms with Crippen molar-refractivity contribution in [3.63, 3.8) is 0 Å². The molecule has 2 aromatic rings. The maximum Gasteiger partial charge on any atom is 0.256 e. The number of pyridine rings is 2. The zero-order valence-electron chi connectivity index (χ0n) is 13.4. The molecule has 1 atom stereocenters. The quantitative estimate of drug-likeness (QED) is 0.935. The van der Waals surface area contributed by atoms with E-state index in [1.165, 1.54) is 6.07 Å². The maximum atomic E-state index is 12.3. The number of aromatic nitrogens is 2. The van der Waals surface area contributed by atoms with Gasteiger partial charge in [-0.25, -0.2) is 0 Å². The molecule has 0 radical (unpaired) electrons. The fourth-order valence-electron chi connectivity index (χ4n) is 2.27. The second-order valence-corrected chi connectivity index (χ2v) is 5.65. The lowest BCUT2D eigenvalue weighted by atomic mass is 10.1. The van der Waals surface area contributed by atoms with E-state index >= 15 is 0 Å². The average Bonchev–Trinajstić information content (AvgIpc) is 2.45. The van der Waals surface area contributed by atoms with E-state index in [1.807, 2.05) is 40.0 Å². The van der Waals surface area contributed by atoms with E-state index in [4.69, 9.17) is 0 Å². The minimum atomic E-state index is -0.346. The van der Waals surface area contributed by atoms with E-state index in [2.05, 4.69) is 10.3 Å². The van der Waals surface area contributed by atoms with Crippen LogP contribution in [0.15, 0.2) is 35.4 Å². The highest BCUT2D eigenvalue weighted by Gasteiger charge is 2.15. The molecule has 0 unspecified atom stereocenters. The Hall–Kier alpha value is -2.43. The highest BCUT2D eigenvalue weighted by molar-refractivity contribution is 5.94. The molecule has 0 aliphatic carbocycles. The van der Waals surface area contributed by atoms with Crippen LogP contribution in [-0.4, -0.2) is 21.5 Å². The zero-order valence-corrected chi connectivity index (χ0v) is 13.4. The van der Waals surface area contributed by atoms with Gasteiger partial charge in [-0.3, -0.25) is 14.6 Å². The fourth-order valence-corrected chi connectivity index (χ4v) is 2.27. The van der Waals surface area contributed by atoms with Crippen molar-refractivity contribution >= 4 is 5.91 Å². The van der Waals surface area contributed by atoms with Crippen LogP contribution >= 0.6 is 0 Å². The van der Waals surface area contributed by atoms with E-state index in [9.17, 15) is 9.59 Å². The van der Waals surface area contributed by atoms with Crippen LogP contribution < -0.4 is 10.7 Å². The topological polar surface area (TPSA) is 64.0 Å². The van der Waals surface area contributed by atoms with Gasteiger partial charge < -0.3 is 9.88 Å². The first-order valence-corrected chi connectivity index (χ1v) is 7.27. The molecule has 0 aromatic carbocycles. The molecular formula is C17H21N3O2. The molecule has 0 bridgehead atoms. The standard InChI is InChI=1S/C17H21N3O2/c1-11-6-5-7-18-15(11)8-12(2)19-17(22)14-10-20(4)13(3)9-16(14)21/h5-7,9-10,12H,8H2,1-4H3,(H,19,22)/t12-/m0/s1. The van der Waals surface area contributed by atoms with Gasteiger partial charge in [0.2, 0.25) is 0 Å². The van der Waals surface area contributed by atoms with E-state index in [-0.39, 0.29) is 22.9 Å². The zero-order chi connectivity index (χ0) is 16.3. The number of nitrogens with one attached hydrogen (secondary N) is 1. The Balaban J connectivity index is 2.11. The summed E-state index contributed by atoms with van der Waals surface area (Å²) in [5.41, 5.74) is 2.77. The monoisotopic (exact) mass is 299 g/mol. The molecule has 0 aliphatic heterocycles. The maximum absolute atomic E-state index is 12.3. The third kappa shape index (κ3) is 3.61. The molecule has 1 amide bonds.